The van der Waals surface area contributed by atoms with E-state index in [9.17, 15) is 0 Å². The van der Waals surface area contributed by atoms with Gasteiger partial charge in [-0.3, -0.25) is 0 Å². The van der Waals surface area contributed by atoms with E-state index in [2.05, 4.69) is 23.8 Å². The molecule has 1 aliphatic heterocycles. The van der Waals surface area contributed by atoms with Crippen molar-refractivity contribution in [1.29, 1.82) is 0 Å². The van der Waals surface area contributed by atoms with Crippen molar-refractivity contribution >= 4 is 11.8 Å². The van der Waals surface area contributed by atoms with Crippen LogP contribution in [0.4, 0.5) is 0 Å². The van der Waals surface area contributed by atoms with E-state index in [0.717, 1.165) is 0 Å². The summed E-state index contributed by atoms with van der Waals surface area (Å²) in [6, 6.07) is 0. The summed E-state index contributed by atoms with van der Waals surface area (Å²) < 4.78 is 0. The SMILES string of the molecule is CC1(C2=CNC=CS2)CCCCCCCCCC1. The maximum atomic E-state index is 3.27. The van der Waals surface area contributed by atoms with Gasteiger partial charge in [-0.1, -0.05) is 70.1 Å². The van der Waals surface area contributed by atoms with E-state index < -0.39 is 0 Å². The molecule has 0 unspecified atom stereocenters. The highest BCUT2D eigenvalue weighted by Crippen LogP contribution is 2.45. The minimum Gasteiger partial charge on any atom is -0.366 e. The van der Waals surface area contributed by atoms with Gasteiger partial charge in [-0.25, -0.2) is 0 Å². The molecule has 1 saturated carbocycles. The average Bonchev–Trinajstić information content (AvgIpc) is 2.46. The van der Waals surface area contributed by atoms with E-state index in [4.69, 9.17) is 0 Å². The normalized spacial score (nSPS) is 25.7. The van der Waals surface area contributed by atoms with E-state index in [1.807, 2.05) is 18.0 Å². The Kier molecular flexibility index (Phi) is 5.68. The summed E-state index contributed by atoms with van der Waals surface area (Å²) in [6.07, 6.45) is 18.4. The lowest BCUT2D eigenvalue weighted by molar-refractivity contribution is 0.326. The van der Waals surface area contributed by atoms with E-state index in [0.29, 0.717) is 5.41 Å². The maximum absolute atomic E-state index is 3.27. The molecule has 0 radical (unpaired) electrons. The lowest BCUT2D eigenvalue weighted by Gasteiger charge is -2.33. The van der Waals surface area contributed by atoms with Crippen LogP contribution in [0, 0.1) is 5.41 Å². The minimum atomic E-state index is 0.409. The molecule has 1 N–H and O–H groups in total. The Balaban J connectivity index is 1.98. The van der Waals surface area contributed by atoms with Gasteiger partial charge in [0.1, 0.15) is 0 Å². The highest BCUT2D eigenvalue weighted by Gasteiger charge is 2.29. The number of hydrogen-bond acceptors (Lipinski definition) is 2. The summed E-state index contributed by atoms with van der Waals surface area (Å²) in [5, 5.41) is 5.46. The molecular weight excluding hydrogens is 238 g/mol. The second-order valence-corrected chi connectivity index (χ2v) is 6.93. The zero-order valence-electron chi connectivity index (χ0n) is 11.7. The molecule has 0 atom stereocenters. The maximum Gasteiger partial charge on any atom is 0.0111 e. The second kappa shape index (κ2) is 7.28. The first kappa shape index (κ1) is 14.0. The van der Waals surface area contributed by atoms with Crippen LogP contribution in [0.1, 0.15) is 71.1 Å². The van der Waals surface area contributed by atoms with Gasteiger partial charge in [0.05, 0.1) is 0 Å². The van der Waals surface area contributed by atoms with Crippen molar-refractivity contribution in [2.75, 3.05) is 0 Å². The molecule has 1 heterocycles. The lowest BCUT2D eigenvalue weighted by atomic mass is 9.79. The van der Waals surface area contributed by atoms with Crippen molar-refractivity contribution in [3.05, 3.63) is 22.7 Å². The lowest BCUT2D eigenvalue weighted by Crippen LogP contribution is -2.20. The molecule has 1 nitrogen and oxygen atoms in total. The van der Waals surface area contributed by atoms with Crippen molar-refractivity contribution in [2.24, 2.45) is 5.41 Å². The number of hydrogen-bond donors (Lipinski definition) is 1. The Morgan fingerprint density at radius 1 is 0.944 bits per heavy atom. The van der Waals surface area contributed by atoms with Gasteiger partial charge in [0, 0.05) is 22.7 Å². The molecule has 0 saturated heterocycles. The molecule has 0 amide bonds. The van der Waals surface area contributed by atoms with Crippen LogP contribution in [0.25, 0.3) is 0 Å². The van der Waals surface area contributed by atoms with Gasteiger partial charge in [-0.05, 0) is 18.2 Å². The number of allylic oxidation sites excluding steroid dienone is 1. The molecule has 0 spiro atoms. The predicted molar refractivity (Wildman–Crippen MR) is 82.2 cm³/mol. The van der Waals surface area contributed by atoms with Gasteiger partial charge in [0.2, 0.25) is 0 Å². The fraction of sp³-hybridized carbons (Fsp3) is 0.750. The van der Waals surface area contributed by atoms with Crippen LogP contribution in [0.3, 0.4) is 0 Å². The molecule has 2 rings (SSSR count). The van der Waals surface area contributed by atoms with Gasteiger partial charge in [-0.15, -0.1) is 0 Å². The Labute approximate surface area is 116 Å². The molecule has 0 aromatic heterocycles. The fourth-order valence-electron chi connectivity index (χ4n) is 3.08. The van der Waals surface area contributed by atoms with Gasteiger partial charge >= 0.3 is 0 Å². The van der Waals surface area contributed by atoms with Gasteiger partial charge in [0.25, 0.3) is 0 Å². The average molecular weight is 265 g/mol. The Bertz CT molecular complexity index is 294. The van der Waals surface area contributed by atoms with Crippen LogP contribution in [0.15, 0.2) is 22.7 Å². The largest absolute Gasteiger partial charge is 0.366 e. The van der Waals surface area contributed by atoms with Crippen LogP contribution in [-0.2, 0) is 0 Å². The Morgan fingerprint density at radius 2 is 1.50 bits per heavy atom. The zero-order valence-corrected chi connectivity index (χ0v) is 12.5. The fourth-order valence-corrected chi connectivity index (χ4v) is 4.00. The Hall–Kier alpha value is -0.370. The molecule has 18 heavy (non-hydrogen) atoms. The minimum absolute atomic E-state index is 0.409. The summed E-state index contributed by atoms with van der Waals surface area (Å²) in [7, 11) is 0. The molecule has 2 heteroatoms. The standard InChI is InChI=1S/C16H27NS/c1-16(15-14-17-12-13-18-15)10-8-6-4-2-3-5-7-9-11-16/h12-14,17H,2-11H2,1H3. The van der Waals surface area contributed by atoms with Gasteiger partial charge in [0.15, 0.2) is 0 Å². The van der Waals surface area contributed by atoms with Crippen LogP contribution in [0.5, 0.6) is 0 Å². The number of thioether (sulfide) groups is 1. The van der Waals surface area contributed by atoms with Crippen LogP contribution in [-0.4, -0.2) is 0 Å². The topological polar surface area (TPSA) is 12.0 Å². The molecule has 2 aliphatic rings. The van der Waals surface area contributed by atoms with Crippen molar-refractivity contribution in [3.8, 4) is 0 Å². The van der Waals surface area contributed by atoms with Crippen LogP contribution >= 0.6 is 11.8 Å². The summed E-state index contributed by atoms with van der Waals surface area (Å²) in [4.78, 5) is 1.55. The summed E-state index contributed by atoms with van der Waals surface area (Å²) in [5.74, 6) is 0. The molecule has 102 valence electrons. The third-order valence-electron chi connectivity index (χ3n) is 4.38. The van der Waals surface area contributed by atoms with Crippen molar-refractivity contribution in [1.82, 2.24) is 5.32 Å². The third-order valence-corrected chi connectivity index (χ3v) is 5.51. The second-order valence-electron chi connectivity index (χ2n) is 5.98. The first-order valence-corrected chi connectivity index (χ1v) is 8.48. The van der Waals surface area contributed by atoms with Crippen molar-refractivity contribution in [2.45, 2.75) is 71.1 Å². The van der Waals surface area contributed by atoms with Gasteiger partial charge < -0.3 is 5.32 Å². The van der Waals surface area contributed by atoms with E-state index in [-0.39, 0.29) is 0 Å². The summed E-state index contributed by atoms with van der Waals surface area (Å²) in [6.45, 7) is 2.48. The molecule has 1 fully saturated rings. The first-order chi connectivity index (χ1) is 8.81. The van der Waals surface area contributed by atoms with E-state index >= 15 is 0 Å². The van der Waals surface area contributed by atoms with E-state index in [1.165, 1.54) is 64.2 Å². The third kappa shape index (κ3) is 4.08. The number of rotatable bonds is 1. The quantitative estimate of drug-likeness (QED) is 0.666. The van der Waals surface area contributed by atoms with Gasteiger partial charge in [-0.2, -0.15) is 0 Å². The Morgan fingerprint density at radius 3 is 2.00 bits per heavy atom. The highest BCUT2D eigenvalue weighted by molar-refractivity contribution is 8.05. The smallest absolute Gasteiger partial charge is 0.0111 e. The van der Waals surface area contributed by atoms with Crippen LogP contribution < -0.4 is 5.32 Å². The predicted octanol–water partition coefficient (Wildman–Crippen LogP) is 5.56. The molecular formula is C16H27NS. The number of nitrogens with one attached hydrogen (secondary N) is 1. The first-order valence-electron chi connectivity index (χ1n) is 7.60. The highest BCUT2D eigenvalue weighted by atomic mass is 32.2. The molecule has 0 bridgehead atoms. The molecule has 1 aliphatic carbocycles. The molecule has 0 aromatic rings. The summed E-state index contributed by atoms with van der Waals surface area (Å²) >= 11 is 1.92. The van der Waals surface area contributed by atoms with E-state index in [1.54, 1.807) is 4.91 Å². The zero-order chi connectivity index (χ0) is 12.7. The monoisotopic (exact) mass is 265 g/mol. The van der Waals surface area contributed by atoms with Crippen molar-refractivity contribution < 1.29 is 0 Å². The van der Waals surface area contributed by atoms with Crippen LogP contribution in [0.2, 0.25) is 0 Å². The molecule has 0 aromatic carbocycles. The van der Waals surface area contributed by atoms with Crippen molar-refractivity contribution in [3.63, 3.8) is 0 Å². The summed E-state index contributed by atoms with van der Waals surface area (Å²) in [5.41, 5.74) is 0.409.